The van der Waals surface area contributed by atoms with Gasteiger partial charge in [0.05, 0.1) is 5.60 Å². The molecule has 0 saturated heterocycles. The van der Waals surface area contributed by atoms with Gasteiger partial charge in [-0.3, -0.25) is 0 Å². The molecule has 0 amide bonds. The van der Waals surface area contributed by atoms with Crippen molar-refractivity contribution in [2.24, 2.45) is 5.92 Å². The minimum absolute atomic E-state index is 0.486. The van der Waals surface area contributed by atoms with Crippen LogP contribution in [0.15, 0.2) is 15.2 Å². The van der Waals surface area contributed by atoms with Crippen LogP contribution in [0.2, 0.25) is 0 Å². The molecule has 96 valence electrons. The van der Waals surface area contributed by atoms with Crippen molar-refractivity contribution in [2.75, 3.05) is 6.54 Å². The van der Waals surface area contributed by atoms with Gasteiger partial charge in [-0.05, 0) is 45.6 Å². The standard InChI is InChI=1S/C13H20BrNOS/c1-10-3-2-4-13(16,5-10)9-15-6-11-7-17-8-12(11)14/h7-8,10,15-16H,2-6,9H2,1H3. The molecule has 2 rings (SSSR count). The zero-order valence-corrected chi connectivity index (χ0v) is 12.6. The van der Waals surface area contributed by atoms with Gasteiger partial charge in [-0.2, -0.15) is 11.3 Å². The molecule has 0 radical (unpaired) electrons. The molecule has 0 spiro atoms. The summed E-state index contributed by atoms with van der Waals surface area (Å²) in [5.74, 6) is 0.656. The number of rotatable bonds is 4. The first-order valence-corrected chi connectivity index (χ1v) is 7.96. The summed E-state index contributed by atoms with van der Waals surface area (Å²) >= 11 is 5.23. The van der Waals surface area contributed by atoms with E-state index < -0.39 is 5.60 Å². The first-order valence-electron chi connectivity index (χ1n) is 6.23. The van der Waals surface area contributed by atoms with Gasteiger partial charge in [0, 0.05) is 22.9 Å². The second kappa shape index (κ2) is 5.83. The van der Waals surface area contributed by atoms with Crippen molar-refractivity contribution < 1.29 is 5.11 Å². The van der Waals surface area contributed by atoms with Crippen molar-refractivity contribution in [3.8, 4) is 0 Å². The third-order valence-corrected chi connectivity index (χ3v) is 5.36. The predicted octanol–water partition coefficient (Wildman–Crippen LogP) is 3.54. The molecule has 4 heteroatoms. The topological polar surface area (TPSA) is 32.3 Å². The molecule has 1 saturated carbocycles. The van der Waals surface area contributed by atoms with E-state index in [4.69, 9.17) is 0 Å². The summed E-state index contributed by atoms with van der Waals surface area (Å²) in [6.07, 6.45) is 4.29. The number of nitrogens with one attached hydrogen (secondary N) is 1. The quantitative estimate of drug-likeness (QED) is 0.890. The Bertz CT molecular complexity index is 368. The second-order valence-electron chi connectivity index (χ2n) is 5.27. The van der Waals surface area contributed by atoms with Crippen molar-refractivity contribution >= 4 is 27.3 Å². The van der Waals surface area contributed by atoms with Gasteiger partial charge in [-0.25, -0.2) is 0 Å². The summed E-state index contributed by atoms with van der Waals surface area (Å²) < 4.78 is 1.17. The third-order valence-electron chi connectivity index (χ3n) is 3.53. The van der Waals surface area contributed by atoms with Crippen LogP contribution in [0.4, 0.5) is 0 Å². The normalized spacial score (nSPS) is 29.5. The van der Waals surface area contributed by atoms with E-state index in [1.807, 2.05) is 0 Å². The molecule has 1 heterocycles. The Morgan fingerprint density at radius 1 is 1.59 bits per heavy atom. The van der Waals surface area contributed by atoms with Crippen molar-refractivity contribution in [1.29, 1.82) is 0 Å². The number of halogens is 1. The molecule has 1 aliphatic carbocycles. The van der Waals surface area contributed by atoms with Gasteiger partial charge in [0.15, 0.2) is 0 Å². The molecule has 2 atom stereocenters. The van der Waals surface area contributed by atoms with E-state index in [0.717, 1.165) is 25.8 Å². The average Bonchev–Trinajstić information content (AvgIpc) is 2.64. The first-order chi connectivity index (χ1) is 8.09. The lowest BCUT2D eigenvalue weighted by Crippen LogP contribution is -2.43. The summed E-state index contributed by atoms with van der Waals surface area (Å²) in [4.78, 5) is 0. The largest absolute Gasteiger partial charge is 0.389 e. The summed E-state index contributed by atoms with van der Waals surface area (Å²) in [6.45, 7) is 3.78. The number of thiophene rings is 1. The maximum atomic E-state index is 10.5. The lowest BCUT2D eigenvalue weighted by atomic mass is 9.79. The predicted molar refractivity (Wildman–Crippen MR) is 76.3 cm³/mol. The molecule has 1 aliphatic rings. The number of aliphatic hydroxyl groups is 1. The lowest BCUT2D eigenvalue weighted by Gasteiger charge is -2.35. The minimum Gasteiger partial charge on any atom is -0.389 e. The number of hydrogen-bond acceptors (Lipinski definition) is 3. The molecule has 0 aromatic carbocycles. The number of hydrogen-bond donors (Lipinski definition) is 2. The van der Waals surface area contributed by atoms with Crippen LogP contribution >= 0.6 is 27.3 Å². The van der Waals surface area contributed by atoms with E-state index in [1.54, 1.807) is 11.3 Å². The fourth-order valence-corrected chi connectivity index (χ4v) is 4.10. The third kappa shape index (κ3) is 3.78. The maximum absolute atomic E-state index is 10.5. The van der Waals surface area contributed by atoms with Crippen LogP contribution in [0.1, 0.15) is 38.2 Å². The highest BCUT2D eigenvalue weighted by atomic mass is 79.9. The highest BCUT2D eigenvalue weighted by molar-refractivity contribution is 9.10. The molecule has 1 aromatic heterocycles. The molecule has 2 N–H and O–H groups in total. The highest BCUT2D eigenvalue weighted by Crippen LogP contribution is 2.31. The highest BCUT2D eigenvalue weighted by Gasteiger charge is 2.31. The van der Waals surface area contributed by atoms with E-state index in [-0.39, 0.29) is 0 Å². The Hall–Kier alpha value is 0.100. The van der Waals surface area contributed by atoms with Crippen LogP contribution in [0.5, 0.6) is 0 Å². The van der Waals surface area contributed by atoms with E-state index in [2.05, 4.69) is 38.9 Å². The SMILES string of the molecule is CC1CCCC(O)(CNCc2cscc2Br)C1. The van der Waals surface area contributed by atoms with Gasteiger partial charge in [0.2, 0.25) is 0 Å². The maximum Gasteiger partial charge on any atom is 0.0774 e. The van der Waals surface area contributed by atoms with E-state index >= 15 is 0 Å². The molecule has 1 aromatic rings. The summed E-state index contributed by atoms with van der Waals surface area (Å²) in [5.41, 5.74) is 0.794. The molecular formula is C13H20BrNOS. The molecular weight excluding hydrogens is 298 g/mol. The molecule has 17 heavy (non-hydrogen) atoms. The van der Waals surface area contributed by atoms with Crippen molar-refractivity contribution in [2.45, 2.75) is 44.8 Å². The summed E-state index contributed by atoms with van der Waals surface area (Å²) in [6, 6.07) is 0. The van der Waals surface area contributed by atoms with Gasteiger partial charge in [0.25, 0.3) is 0 Å². The smallest absolute Gasteiger partial charge is 0.0774 e. The Morgan fingerprint density at radius 2 is 2.41 bits per heavy atom. The minimum atomic E-state index is -0.486. The first kappa shape index (κ1) is 13.5. The van der Waals surface area contributed by atoms with Crippen LogP contribution < -0.4 is 5.32 Å². The summed E-state index contributed by atoms with van der Waals surface area (Å²) in [7, 11) is 0. The molecule has 2 nitrogen and oxygen atoms in total. The Kier molecular flexibility index (Phi) is 4.64. The van der Waals surface area contributed by atoms with Crippen LogP contribution in [0, 0.1) is 5.92 Å². The second-order valence-corrected chi connectivity index (χ2v) is 6.87. The zero-order valence-electron chi connectivity index (χ0n) is 10.2. The monoisotopic (exact) mass is 317 g/mol. The molecule has 0 aliphatic heterocycles. The van der Waals surface area contributed by atoms with Gasteiger partial charge in [0.1, 0.15) is 0 Å². The van der Waals surface area contributed by atoms with E-state index in [0.29, 0.717) is 12.5 Å². The van der Waals surface area contributed by atoms with E-state index in [1.165, 1.54) is 16.5 Å². The lowest BCUT2D eigenvalue weighted by molar-refractivity contribution is -0.0119. The van der Waals surface area contributed by atoms with Gasteiger partial charge in [-0.1, -0.05) is 19.8 Å². The van der Waals surface area contributed by atoms with Crippen molar-refractivity contribution in [3.05, 3.63) is 20.8 Å². The average molecular weight is 318 g/mol. The molecule has 1 fully saturated rings. The van der Waals surface area contributed by atoms with Gasteiger partial charge in [-0.15, -0.1) is 0 Å². The molecule has 2 unspecified atom stereocenters. The Labute approximate surface area is 116 Å². The van der Waals surface area contributed by atoms with E-state index in [9.17, 15) is 5.11 Å². The fourth-order valence-electron chi connectivity index (χ4n) is 2.66. The summed E-state index contributed by atoms with van der Waals surface area (Å²) in [5, 5.41) is 18.1. The zero-order chi connectivity index (χ0) is 12.3. The van der Waals surface area contributed by atoms with Crippen LogP contribution in [-0.4, -0.2) is 17.3 Å². The van der Waals surface area contributed by atoms with Crippen LogP contribution in [-0.2, 0) is 6.54 Å². The fraction of sp³-hybridized carbons (Fsp3) is 0.692. The Balaban J connectivity index is 1.79. The Morgan fingerprint density at radius 3 is 3.06 bits per heavy atom. The van der Waals surface area contributed by atoms with Gasteiger partial charge < -0.3 is 10.4 Å². The molecule has 0 bridgehead atoms. The van der Waals surface area contributed by atoms with Crippen LogP contribution in [0.3, 0.4) is 0 Å². The van der Waals surface area contributed by atoms with Crippen molar-refractivity contribution in [1.82, 2.24) is 5.32 Å². The van der Waals surface area contributed by atoms with Crippen LogP contribution in [0.25, 0.3) is 0 Å². The van der Waals surface area contributed by atoms with Crippen molar-refractivity contribution in [3.63, 3.8) is 0 Å². The van der Waals surface area contributed by atoms with Gasteiger partial charge >= 0.3 is 0 Å².